The highest BCUT2D eigenvalue weighted by molar-refractivity contribution is 7.07. The molecular weight excluding hydrogens is 358 g/mol. The summed E-state index contributed by atoms with van der Waals surface area (Å²) in [5.41, 5.74) is 1.88. The third kappa shape index (κ3) is 6.18. The SMILES string of the molecule is CC(C)(C)NC(=O)Cc1ccc(Oc2nc(Cc3ccccc3)ns2)cc1. The maximum atomic E-state index is 12.0. The van der Waals surface area contributed by atoms with Crippen molar-refractivity contribution in [2.75, 3.05) is 0 Å². The fraction of sp³-hybridized carbons (Fsp3) is 0.286. The molecule has 27 heavy (non-hydrogen) atoms. The van der Waals surface area contributed by atoms with E-state index in [1.807, 2.05) is 63.2 Å². The number of carbonyl (C=O) groups excluding carboxylic acids is 1. The smallest absolute Gasteiger partial charge is 0.298 e. The fourth-order valence-corrected chi connectivity index (χ4v) is 3.12. The van der Waals surface area contributed by atoms with Gasteiger partial charge in [0.2, 0.25) is 5.91 Å². The number of amides is 1. The number of nitrogens with one attached hydrogen (secondary N) is 1. The standard InChI is InChI=1S/C21H23N3O2S/c1-21(2,3)23-19(25)14-16-9-11-17(12-10-16)26-20-22-18(24-27-20)13-15-7-5-4-6-8-15/h4-12H,13-14H2,1-3H3,(H,23,25). The van der Waals surface area contributed by atoms with E-state index in [4.69, 9.17) is 4.74 Å². The summed E-state index contributed by atoms with van der Waals surface area (Å²) in [6.45, 7) is 5.90. The van der Waals surface area contributed by atoms with Gasteiger partial charge >= 0.3 is 0 Å². The van der Waals surface area contributed by atoms with E-state index in [-0.39, 0.29) is 11.4 Å². The molecule has 5 nitrogen and oxygen atoms in total. The van der Waals surface area contributed by atoms with Gasteiger partial charge in [-0.05, 0) is 44.0 Å². The summed E-state index contributed by atoms with van der Waals surface area (Å²) in [6, 6.07) is 17.6. The highest BCUT2D eigenvalue weighted by atomic mass is 32.1. The van der Waals surface area contributed by atoms with Crippen LogP contribution in [0, 0.1) is 0 Å². The first-order valence-electron chi connectivity index (χ1n) is 8.82. The van der Waals surface area contributed by atoms with Crippen molar-refractivity contribution in [3.8, 4) is 10.9 Å². The molecule has 0 saturated carbocycles. The molecule has 1 aromatic heterocycles. The van der Waals surface area contributed by atoms with Crippen molar-refractivity contribution in [3.05, 3.63) is 71.5 Å². The Balaban J connectivity index is 1.56. The molecule has 140 valence electrons. The van der Waals surface area contributed by atoms with Crippen molar-refractivity contribution >= 4 is 17.4 Å². The molecule has 0 aliphatic carbocycles. The van der Waals surface area contributed by atoms with Crippen LogP contribution in [-0.2, 0) is 17.6 Å². The molecule has 0 aliphatic rings. The second-order valence-electron chi connectivity index (χ2n) is 7.36. The monoisotopic (exact) mass is 381 g/mol. The Bertz CT molecular complexity index is 884. The van der Waals surface area contributed by atoms with Gasteiger partial charge in [-0.15, -0.1) is 0 Å². The van der Waals surface area contributed by atoms with Gasteiger partial charge in [0.25, 0.3) is 5.19 Å². The van der Waals surface area contributed by atoms with Crippen LogP contribution in [0.25, 0.3) is 0 Å². The Morgan fingerprint density at radius 2 is 1.74 bits per heavy atom. The highest BCUT2D eigenvalue weighted by Crippen LogP contribution is 2.24. The molecule has 2 aromatic carbocycles. The van der Waals surface area contributed by atoms with Gasteiger partial charge in [-0.2, -0.15) is 9.36 Å². The molecule has 3 rings (SSSR count). The van der Waals surface area contributed by atoms with E-state index in [2.05, 4.69) is 26.8 Å². The molecule has 0 spiro atoms. The zero-order valence-electron chi connectivity index (χ0n) is 15.7. The zero-order valence-corrected chi connectivity index (χ0v) is 16.5. The van der Waals surface area contributed by atoms with Crippen LogP contribution in [-0.4, -0.2) is 20.8 Å². The summed E-state index contributed by atoms with van der Waals surface area (Å²) in [5, 5.41) is 3.47. The molecule has 0 fully saturated rings. The number of rotatable bonds is 6. The molecule has 3 aromatic rings. The molecule has 1 heterocycles. The van der Waals surface area contributed by atoms with Gasteiger partial charge in [-0.25, -0.2) is 0 Å². The average molecular weight is 382 g/mol. The minimum absolute atomic E-state index is 0.00541. The summed E-state index contributed by atoms with van der Waals surface area (Å²) in [7, 11) is 0. The van der Waals surface area contributed by atoms with E-state index in [1.54, 1.807) is 0 Å². The molecule has 0 unspecified atom stereocenters. The molecule has 0 saturated heterocycles. The van der Waals surface area contributed by atoms with E-state index in [0.717, 1.165) is 11.4 Å². The van der Waals surface area contributed by atoms with Crippen molar-refractivity contribution < 1.29 is 9.53 Å². The summed E-state index contributed by atoms with van der Waals surface area (Å²) < 4.78 is 10.1. The highest BCUT2D eigenvalue weighted by Gasteiger charge is 2.14. The van der Waals surface area contributed by atoms with Gasteiger partial charge in [-0.1, -0.05) is 42.5 Å². The largest absolute Gasteiger partial charge is 0.430 e. The third-order valence-corrected chi connectivity index (χ3v) is 4.29. The third-order valence-electron chi connectivity index (χ3n) is 3.66. The van der Waals surface area contributed by atoms with Gasteiger partial charge in [0.15, 0.2) is 5.82 Å². The minimum atomic E-state index is -0.227. The van der Waals surface area contributed by atoms with E-state index in [1.165, 1.54) is 17.1 Å². The first-order valence-corrected chi connectivity index (χ1v) is 9.59. The number of benzene rings is 2. The lowest BCUT2D eigenvalue weighted by molar-refractivity contribution is -0.121. The topological polar surface area (TPSA) is 64.1 Å². The van der Waals surface area contributed by atoms with Gasteiger partial charge in [0.1, 0.15) is 5.75 Å². The lowest BCUT2D eigenvalue weighted by atomic mass is 10.1. The molecule has 1 N–H and O–H groups in total. The fourth-order valence-electron chi connectivity index (χ4n) is 2.55. The van der Waals surface area contributed by atoms with Gasteiger partial charge < -0.3 is 10.1 Å². The van der Waals surface area contributed by atoms with E-state index in [0.29, 0.717) is 23.8 Å². The van der Waals surface area contributed by atoms with E-state index >= 15 is 0 Å². The summed E-state index contributed by atoms with van der Waals surface area (Å²) >= 11 is 1.24. The predicted molar refractivity (Wildman–Crippen MR) is 107 cm³/mol. The molecule has 0 atom stereocenters. The second-order valence-corrected chi connectivity index (χ2v) is 8.07. The van der Waals surface area contributed by atoms with Crippen LogP contribution in [0.5, 0.6) is 10.9 Å². The predicted octanol–water partition coefficient (Wildman–Crippen LogP) is 4.38. The Morgan fingerprint density at radius 1 is 1.04 bits per heavy atom. The van der Waals surface area contributed by atoms with Crippen LogP contribution < -0.4 is 10.1 Å². The maximum Gasteiger partial charge on any atom is 0.298 e. The molecule has 6 heteroatoms. The number of hydrogen-bond acceptors (Lipinski definition) is 5. The van der Waals surface area contributed by atoms with Crippen molar-refractivity contribution in [1.29, 1.82) is 0 Å². The van der Waals surface area contributed by atoms with Crippen molar-refractivity contribution in [1.82, 2.24) is 14.7 Å². The molecule has 0 radical (unpaired) electrons. The molecular formula is C21H23N3O2S. The maximum absolute atomic E-state index is 12.0. The molecule has 0 aliphatic heterocycles. The summed E-state index contributed by atoms with van der Waals surface area (Å²) in [6.07, 6.45) is 1.03. The van der Waals surface area contributed by atoms with Crippen LogP contribution in [0.4, 0.5) is 0 Å². The quantitative estimate of drug-likeness (QED) is 0.688. The number of aromatic nitrogens is 2. The molecule has 1 amide bonds. The Labute approximate surface area is 163 Å². The minimum Gasteiger partial charge on any atom is -0.430 e. The lowest BCUT2D eigenvalue weighted by Gasteiger charge is -2.20. The van der Waals surface area contributed by atoms with Crippen molar-refractivity contribution in [2.24, 2.45) is 0 Å². The van der Waals surface area contributed by atoms with Gasteiger partial charge in [0, 0.05) is 23.5 Å². The van der Waals surface area contributed by atoms with E-state index < -0.39 is 0 Å². The number of hydrogen-bond donors (Lipinski definition) is 1. The van der Waals surface area contributed by atoms with Gasteiger partial charge in [-0.3, -0.25) is 4.79 Å². The first-order chi connectivity index (χ1) is 12.9. The van der Waals surface area contributed by atoms with Crippen LogP contribution in [0.15, 0.2) is 54.6 Å². The zero-order chi connectivity index (χ0) is 19.3. The second kappa shape index (κ2) is 8.31. The molecule has 0 bridgehead atoms. The van der Waals surface area contributed by atoms with Crippen LogP contribution in [0.1, 0.15) is 37.7 Å². The lowest BCUT2D eigenvalue weighted by Crippen LogP contribution is -2.41. The Hall–Kier alpha value is -2.73. The normalized spacial score (nSPS) is 11.2. The van der Waals surface area contributed by atoms with Crippen LogP contribution in [0.2, 0.25) is 0 Å². The average Bonchev–Trinajstić information content (AvgIpc) is 3.03. The first kappa shape index (κ1) is 19.0. The van der Waals surface area contributed by atoms with E-state index in [9.17, 15) is 4.79 Å². The van der Waals surface area contributed by atoms with Crippen molar-refractivity contribution in [3.63, 3.8) is 0 Å². The Morgan fingerprint density at radius 3 is 2.41 bits per heavy atom. The van der Waals surface area contributed by atoms with Gasteiger partial charge in [0.05, 0.1) is 6.42 Å². The van der Waals surface area contributed by atoms with Crippen LogP contribution in [0.3, 0.4) is 0 Å². The summed E-state index contributed by atoms with van der Waals surface area (Å²) in [4.78, 5) is 16.4. The number of carbonyl (C=O) groups is 1. The van der Waals surface area contributed by atoms with Crippen molar-refractivity contribution in [2.45, 2.75) is 39.2 Å². The number of ether oxygens (including phenoxy) is 1. The Kier molecular flexibility index (Phi) is 5.86. The number of nitrogens with zero attached hydrogens (tertiary/aromatic N) is 2. The summed E-state index contributed by atoms with van der Waals surface area (Å²) in [5.74, 6) is 1.43. The van der Waals surface area contributed by atoms with Crippen LogP contribution >= 0.6 is 11.5 Å².